The minimum atomic E-state index is -0.949. The van der Waals surface area contributed by atoms with Crippen molar-refractivity contribution >= 4 is 23.1 Å². The molecule has 1 fully saturated rings. The summed E-state index contributed by atoms with van der Waals surface area (Å²) in [5.74, 6) is -1.34. The molecule has 0 aromatic heterocycles. The Morgan fingerprint density at radius 1 is 0.912 bits per heavy atom. The molecule has 0 spiro atoms. The predicted molar refractivity (Wildman–Crippen MR) is 128 cm³/mol. The number of hydrogen-bond acceptors (Lipinski definition) is 6. The zero-order valence-electron chi connectivity index (χ0n) is 18.9. The van der Waals surface area contributed by atoms with E-state index in [2.05, 4.69) is 0 Å². The van der Waals surface area contributed by atoms with E-state index in [9.17, 15) is 19.8 Å². The van der Waals surface area contributed by atoms with Crippen LogP contribution in [0.15, 0.2) is 78.4 Å². The summed E-state index contributed by atoms with van der Waals surface area (Å²) in [6.45, 7) is 4.44. The third-order valence-electron chi connectivity index (χ3n) is 5.52. The zero-order chi connectivity index (χ0) is 24.2. The molecule has 34 heavy (non-hydrogen) atoms. The highest BCUT2D eigenvalue weighted by Gasteiger charge is 2.47. The van der Waals surface area contributed by atoms with Crippen molar-refractivity contribution in [1.82, 2.24) is 0 Å². The molecule has 174 valence electrons. The number of amides is 1. The second-order valence-electron chi connectivity index (χ2n) is 7.59. The van der Waals surface area contributed by atoms with Gasteiger partial charge in [0.05, 0.1) is 36.1 Å². The third-order valence-corrected chi connectivity index (χ3v) is 5.52. The van der Waals surface area contributed by atoms with Gasteiger partial charge in [-0.2, -0.15) is 0 Å². The van der Waals surface area contributed by atoms with Gasteiger partial charge in [-0.05, 0) is 43.7 Å². The van der Waals surface area contributed by atoms with Gasteiger partial charge in [0.25, 0.3) is 11.7 Å². The summed E-state index contributed by atoms with van der Waals surface area (Å²) in [6.07, 6.45) is 0. The number of nitrogens with zero attached hydrogens (tertiary/aromatic N) is 1. The first-order valence-electron chi connectivity index (χ1n) is 11.0. The van der Waals surface area contributed by atoms with Gasteiger partial charge < -0.3 is 19.7 Å². The fourth-order valence-electron chi connectivity index (χ4n) is 4.07. The monoisotopic (exact) mass is 459 g/mol. The maximum Gasteiger partial charge on any atom is 0.300 e. The first-order valence-corrected chi connectivity index (χ1v) is 11.0. The van der Waals surface area contributed by atoms with E-state index in [1.165, 1.54) is 11.0 Å². The maximum absolute atomic E-state index is 13.3. The van der Waals surface area contributed by atoms with Gasteiger partial charge in [-0.1, -0.05) is 42.5 Å². The Hall–Kier alpha value is -4.26. The van der Waals surface area contributed by atoms with Crippen LogP contribution in [0, 0.1) is 0 Å². The molecule has 0 bridgehead atoms. The lowest BCUT2D eigenvalue weighted by Crippen LogP contribution is -2.29. The average molecular weight is 459 g/mol. The number of hydrogen-bond donors (Lipinski definition) is 2. The van der Waals surface area contributed by atoms with Gasteiger partial charge in [0.2, 0.25) is 0 Å². The molecule has 1 unspecified atom stereocenters. The average Bonchev–Trinajstić information content (AvgIpc) is 3.10. The van der Waals surface area contributed by atoms with Crippen LogP contribution in [0.2, 0.25) is 0 Å². The number of rotatable bonds is 7. The predicted octanol–water partition coefficient (Wildman–Crippen LogP) is 4.82. The first kappa shape index (κ1) is 22.9. The van der Waals surface area contributed by atoms with Gasteiger partial charge in [-0.25, -0.2) is 0 Å². The van der Waals surface area contributed by atoms with Crippen LogP contribution in [-0.2, 0) is 9.59 Å². The van der Waals surface area contributed by atoms with E-state index >= 15 is 0 Å². The molecule has 2 N–H and O–H groups in total. The summed E-state index contributed by atoms with van der Waals surface area (Å²) in [5, 5.41) is 21.9. The van der Waals surface area contributed by atoms with Crippen LogP contribution in [-0.4, -0.2) is 35.1 Å². The van der Waals surface area contributed by atoms with Gasteiger partial charge in [0.1, 0.15) is 23.0 Å². The van der Waals surface area contributed by atoms with Crippen molar-refractivity contribution in [2.24, 2.45) is 0 Å². The molecule has 1 aliphatic heterocycles. The molecule has 3 aromatic rings. The van der Waals surface area contributed by atoms with Crippen LogP contribution in [0.1, 0.15) is 31.0 Å². The third kappa shape index (κ3) is 4.08. The number of phenolic OH excluding ortho intramolecular Hbond substituents is 1. The number of ether oxygens (including phenoxy) is 2. The Balaban J connectivity index is 1.94. The zero-order valence-corrected chi connectivity index (χ0v) is 18.9. The summed E-state index contributed by atoms with van der Waals surface area (Å²) in [6, 6.07) is 19.1. The quantitative estimate of drug-likeness (QED) is 0.299. The van der Waals surface area contributed by atoms with Crippen molar-refractivity contribution in [3.05, 3.63) is 89.5 Å². The Morgan fingerprint density at radius 3 is 2.26 bits per heavy atom. The molecule has 1 aliphatic rings. The SMILES string of the molecule is CCOc1ccc(/C(O)=C2/C(=O)C(=O)N(c3ccccc3O)C2c2ccccc2)c(OCC)c1. The number of aromatic hydroxyl groups is 1. The normalized spacial score (nSPS) is 17.1. The second-order valence-corrected chi connectivity index (χ2v) is 7.59. The van der Waals surface area contributed by atoms with Crippen molar-refractivity contribution in [2.45, 2.75) is 19.9 Å². The van der Waals surface area contributed by atoms with E-state index in [1.54, 1.807) is 67.6 Å². The number of benzene rings is 3. The molecule has 1 amide bonds. The molecular formula is C27H25NO6. The van der Waals surface area contributed by atoms with Crippen LogP contribution < -0.4 is 14.4 Å². The molecule has 1 saturated heterocycles. The smallest absolute Gasteiger partial charge is 0.300 e. The number of aliphatic hydroxyl groups is 1. The fraction of sp³-hybridized carbons (Fsp3) is 0.185. The van der Waals surface area contributed by atoms with Crippen LogP contribution >= 0.6 is 0 Å². The maximum atomic E-state index is 13.3. The summed E-state index contributed by atoms with van der Waals surface area (Å²) in [7, 11) is 0. The van der Waals surface area contributed by atoms with Crippen LogP contribution in [0.4, 0.5) is 5.69 Å². The topological polar surface area (TPSA) is 96.3 Å². The Bertz CT molecular complexity index is 1250. The van der Waals surface area contributed by atoms with E-state index in [4.69, 9.17) is 9.47 Å². The number of anilines is 1. The molecule has 4 rings (SSSR count). The van der Waals surface area contributed by atoms with Crippen molar-refractivity contribution in [3.8, 4) is 17.2 Å². The fourth-order valence-corrected chi connectivity index (χ4v) is 4.07. The van der Waals surface area contributed by atoms with E-state index in [-0.39, 0.29) is 28.3 Å². The standard InChI is InChI=1S/C27H25NO6/c1-3-33-18-14-15-19(22(16-18)34-4-2)25(30)23-24(17-10-6-5-7-11-17)28(27(32)26(23)31)20-12-8-9-13-21(20)29/h5-16,24,29-30H,3-4H2,1-2H3/b25-23-. The van der Waals surface area contributed by atoms with Crippen molar-refractivity contribution in [2.75, 3.05) is 18.1 Å². The van der Waals surface area contributed by atoms with Crippen LogP contribution in [0.5, 0.6) is 17.2 Å². The summed E-state index contributed by atoms with van der Waals surface area (Å²) in [4.78, 5) is 27.7. The minimum Gasteiger partial charge on any atom is -0.507 e. The summed E-state index contributed by atoms with van der Waals surface area (Å²) >= 11 is 0. The molecule has 0 aliphatic carbocycles. The number of aliphatic hydroxyl groups excluding tert-OH is 1. The number of Topliss-reactive ketones (excluding diaryl/α,β-unsaturated/α-hetero) is 1. The molecule has 7 nitrogen and oxygen atoms in total. The highest BCUT2D eigenvalue weighted by atomic mass is 16.5. The molecule has 7 heteroatoms. The van der Waals surface area contributed by atoms with E-state index in [0.29, 0.717) is 30.3 Å². The number of phenols is 1. The highest BCUT2D eigenvalue weighted by Crippen LogP contribution is 2.45. The number of ketones is 1. The van der Waals surface area contributed by atoms with Crippen molar-refractivity contribution < 1.29 is 29.3 Å². The van der Waals surface area contributed by atoms with Crippen molar-refractivity contribution in [1.29, 1.82) is 0 Å². The van der Waals surface area contributed by atoms with Crippen LogP contribution in [0.3, 0.4) is 0 Å². The van der Waals surface area contributed by atoms with Crippen LogP contribution in [0.25, 0.3) is 5.76 Å². The Labute approximate surface area is 197 Å². The van der Waals surface area contributed by atoms with Gasteiger partial charge >= 0.3 is 0 Å². The lowest BCUT2D eigenvalue weighted by Gasteiger charge is -2.26. The van der Waals surface area contributed by atoms with Gasteiger partial charge in [0, 0.05) is 6.07 Å². The van der Waals surface area contributed by atoms with Gasteiger partial charge in [0.15, 0.2) is 0 Å². The van der Waals surface area contributed by atoms with Gasteiger partial charge in [-0.3, -0.25) is 14.5 Å². The minimum absolute atomic E-state index is 0.0930. The Kier molecular flexibility index (Phi) is 6.54. The second kappa shape index (κ2) is 9.70. The molecular weight excluding hydrogens is 434 g/mol. The molecule has 1 heterocycles. The van der Waals surface area contributed by atoms with E-state index in [1.807, 2.05) is 13.0 Å². The summed E-state index contributed by atoms with van der Waals surface area (Å²) in [5.41, 5.74) is 0.954. The van der Waals surface area contributed by atoms with Gasteiger partial charge in [-0.15, -0.1) is 0 Å². The number of carbonyl (C=O) groups excluding carboxylic acids is 2. The molecule has 0 radical (unpaired) electrons. The lowest BCUT2D eigenvalue weighted by atomic mass is 9.94. The van der Waals surface area contributed by atoms with E-state index < -0.39 is 17.7 Å². The number of para-hydroxylation sites is 2. The molecule has 1 atom stereocenters. The first-order chi connectivity index (χ1) is 16.5. The molecule has 3 aromatic carbocycles. The lowest BCUT2D eigenvalue weighted by molar-refractivity contribution is -0.132. The summed E-state index contributed by atoms with van der Waals surface area (Å²) < 4.78 is 11.2. The highest BCUT2D eigenvalue weighted by molar-refractivity contribution is 6.52. The number of carbonyl (C=O) groups is 2. The largest absolute Gasteiger partial charge is 0.507 e. The van der Waals surface area contributed by atoms with E-state index in [0.717, 1.165) is 0 Å². The Morgan fingerprint density at radius 2 is 1.59 bits per heavy atom. The van der Waals surface area contributed by atoms with Crippen molar-refractivity contribution in [3.63, 3.8) is 0 Å². The molecule has 0 saturated carbocycles.